The Labute approximate surface area is 160 Å². The Morgan fingerprint density at radius 2 is 2.30 bits per heavy atom. The average Bonchev–Trinajstić information content (AvgIpc) is 3.14. The lowest BCUT2D eigenvalue weighted by Gasteiger charge is -2.30. The topological polar surface area (TPSA) is 79.9 Å². The summed E-state index contributed by atoms with van der Waals surface area (Å²) in [4.78, 5) is 12.6. The monoisotopic (exact) mass is 386 g/mol. The Bertz CT molecular complexity index is 990. The van der Waals surface area contributed by atoms with Gasteiger partial charge in [0.05, 0.1) is 36.8 Å². The van der Waals surface area contributed by atoms with Crippen molar-refractivity contribution in [2.45, 2.75) is 19.4 Å². The van der Waals surface area contributed by atoms with Crippen LogP contribution in [0.1, 0.15) is 18.4 Å². The standard InChI is InChI=1S/C19H16ClFN4O2/c1-11-14(9-22)17(13-5-4-12(21)8-15(13)20)18(19(26)27-2)16(24-11)10-25-7-3-6-23-25/h3-8,17,24H,10H2,1-2H3. The van der Waals surface area contributed by atoms with Crippen LogP contribution in [0.3, 0.4) is 0 Å². The molecule has 1 atom stereocenters. The minimum atomic E-state index is -0.776. The second kappa shape index (κ2) is 7.64. The Morgan fingerprint density at radius 1 is 1.52 bits per heavy atom. The second-order valence-corrected chi connectivity index (χ2v) is 6.37. The van der Waals surface area contributed by atoms with Crippen molar-refractivity contribution in [1.29, 1.82) is 5.26 Å². The predicted molar refractivity (Wildman–Crippen MR) is 96.9 cm³/mol. The van der Waals surface area contributed by atoms with E-state index in [1.54, 1.807) is 30.1 Å². The van der Waals surface area contributed by atoms with Gasteiger partial charge in [-0.1, -0.05) is 17.7 Å². The van der Waals surface area contributed by atoms with E-state index in [0.717, 1.165) is 6.07 Å². The number of esters is 1. The third kappa shape index (κ3) is 3.57. The molecule has 0 bridgehead atoms. The second-order valence-electron chi connectivity index (χ2n) is 5.96. The van der Waals surface area contributed by atoms with Gasteiger partial charge in [0.2, 0.25) is 0 Å². The molecule has 0 saturated carbocycles. The smallest absolute Gasteiger partial charge is 0.336 e. The van der Waals surface area contributed by atoms with Crippen molar-refractivity contribution < 1.29 is 13.9 Å². The summed E-state index contributed by atoms with van der Waals surface area (Å²) in [5.74, 6) is -1.88. The Kier molecular flexibility index (Phi) is 5.28. The minimum Gasteiger partial charge on any atom is -0.466 e. The number of nitrogens with zero attached hydrogens (tertiary/aromatic N) is 3. The number of carbonyl (C=O) groups is 1. The lowest BCUT2D eigenvalue weighted by molar-refractivity contribution is -0.136. The quantitative estimate of drug-likeness (QED) is 0.815. The van der Waals surface area contributed by atoms with Gasteiger partial charge in [0.1, 0.15) is 5.82 Å². The first-order valence-corrected chi connectivity index (χ1v) is 8.45. The summed E-state index contributed by atoms with van der Waals surface area (Å²) in [6.07, 6.45) is 3.38. The van der Waals surface area contributed by atoms with Gasteiger partial charge < -0.3 is 10.1 Å². The number of hydrogen-bond acceptors (Lipinski definition) is 5. The summed E-state index contributed by atoms with van der Waals surface area (Å²) in [5.41, 5.74) is 2.12. The zero-order valence-corrected chi connectivity index (χ0v) is 15.4. The number of rotatable bonds is 4. The number of halogens is 2. The molecule has 0 amide bonds. The van der Waals surface area contributed by atoms with Crippen LogP contribution in [0.15, 0.2) is 59.2 Å². The largest absolute Gasteiger partial charge is 0.466 e. The molecule has 138 valence electrons. The summed E-state index contributed by atoms with van der Waals surface area (Å²) in [6, 6.07) is 7.78. The van der Waals surface area contributed by atoms with Crippen molar-refractivity contribution in [2.75, 3.05) is 7.11 Å². The molecule has 0 radical (unpaired) electrons. The number of allylic oxidation sites excluding steroid dienone is 3. The molecule has 0 spiro atoms. The fraction of sp³-hybridized carbons (Fsp3) is 0.211. The Morgan fingerprint density at radius 3 is 2.89 bits per heavy atom. The van der Waals surface area contributed by atoms with Crippen molar-refractivity contribution in [3.8, 4) is 6.07 Å². The molecule has 1 aliphatic heterocycles. The summed E-state index contributed by atoms with van der Waals surface area (Å²) in [6.45, 7) is 2.00. The summed E-state index contributed by atoms with van der Waals surface area (Å²) >= 11 is 6.25. The first kappa shape index (κ1) is 18.7. The van der Waals surface area contributed by atoms with Crippen LogP contribution in [-0.2, 0) is 16.1 Å². The molecule has 1 aliphatic rings. The molecule has 2 heterocycles. The van der Waals surface area contributed by atoms with Crippen LogP contribution in [-0.4, -0.2) is 22.9 Å². The number of methoxy groups -OCH3 is 1. The van der Waals surface area contributed by atoms with Crippen molar-refractivity contribution in [1.82, 2.24) is 15.1 Å². The van der Waals surface area contributed by atoms with Crippen molar-refractivity contribution >= 4 is 17.6 Å². The van der Waals surface area contributed by atoms with Crippen LogP contribution in [0.2, 0.25) is 5.02 Å². The maximum absolute atomic E-state index is 13.5. The lowest BCUT2D eigenvalue weighted by atomic mass is 9.80. The van der Waals surface area contributed by atoms with Crippen molar-refractivity contribution in [2.24, 2.45) is 0 Å². The highest BCUT2D eigenvalue weighted by Crippen LogP contribution is 2.41. The van der Waals surface area contributed by atoms with E-state index >= 15 is 0 Å². The maximum Gasteiger partial charge on any atom is 0.336 e. The van der Waals surface area contributed by atoms with Crippen LogP contribution in [0.4, 0.5) is 4.39 Å². The number of benzene rings is 1. The van der Waals surface area contributed by atoms with E-state index in [4.69, 9.17) is 16.3 Å². The van der Waals surface area contributed by atoms with Gasteiger partial charge in [0.25, 0.3) is 0 Å². The van der Waals surface area contributed by atoms with E-state index in [-0.39, 0.29) is 17.1 Å². The fourth-order valence-electron chi connectivity index (χ4n) is 3.12. The van der Waals surface area contributed by atoms with Crippen molar-refractivity contribution in [3.05, 3.63) is 75.6 Å². The molecule has 1 unspecified atom stereocenters. The molecule has 8 heteroatoms. The van der Waals surface area contributed by atoms with Gasteiger partial charge in [-0.15, -0.1) is 0 Å². The van der Waals surface area contributed by atoms with Gasteiger partial charge in [0, 0.05) is 28.8 Å². The van der Waals surface area contributed by atoms with Gasteiger partial charge in [-0.3, -0.25) is 4.68 Å². The number of aromatic nitrogens is 2. The summed E-state index contributed by atoms with van der Waals surface area (Å²) in [7, 11) is 1.27. The molecule has 2 aromatic rings. The Balaban J connectivity index is 2.22. The average molecular weight is 387 g/mol. The number of nitrogens with one attached hydrogen (secondary N) is 1. The third-order valence-electron chi connectivity index (χ3n) is 4.32. The third-order valence-corrected chi connectivity index (χ3v) is 4.65. The highest BCUT2D eigenvalue weighted by atomic mass is 35.5. The van der Waals surface area contributed by atoms with Crippen LogP contribution in [0.25, 0.3) is 0 Å². The molecule has 1 N–H and O–H groups in total. The van der Waals surface area contributed by atoms with Gasteiger partial charge in [-0.2, -0.15) is 10.4 Å². The number of ether oxygens (including phenoxy) is 1. The van der Waals surface area contributed by atoms with Crippen LogP contribution >= 0.6 is 11.6 Å². The molecule has 6 nitrogen and oxygen atoms in total. The number of carbonyl (C=O) groups excluding carboxylic acids is 1. The SMILES string of the molecule is COC(=O)C1=C(Cn2cccn2)NC(C)=C(C#N)C1c1ccc(F)cc1Cl. The number of hydrogen-bond donors (Lipinski definition) is 1. The normalized spacial score (nSPS) is 16.8. The maximum atomic E-state index is 13.5. The van der Waals surface area contributed by atoms with E-state index in [0.29, 0.717) is 22.5 Å². The first-order chi connectivity index (χ1) is 13.0. The highest BCUT2D eigenvalue weighted by Gasteiger charge is 2.36. The van der Waals surface area contributed by atoms with E-state index in [9.17, 15) is 14.4 Å². The van der Waals surface area contributed by atoms with Gasteiger partial charge in [-0.05, 0) is 30.7 Å². The van der Waals surface area contributed by atoms with Crippen LogP contribution in [0.5, 0.6) is 0 Å². The molecule has 3 rings (SSSR count). The molecule has 27 heavy (non-hydrogen) atoms. The molecule has 1 aromatic carbocycles. The van der Waals surface area contributed by atoms with Gasteiger partial charge >= 0.3 is 5.97 Å². The molecule has 0 fully saturated rings. The van der Waals surface area contributed by atoms with E-state index in [1.807, 2.05) is 0 Å². The van der Waals surface area contributed by atoms with Crippen LogP contribution in [0, 0.1) is 17.1 Å². The van der Waals surface area contributed by atoms with Crippen molar-refractivity contribution in [3.63, 3.8) is 0 Å². The number of nitriles is 1. The van der Waals surface area contributed by atoms with E-state index < -0.39 is 17.7 Å². The lowest BCUT2D eigenvalue weighted by Crippen LogP contribution is -2.31. The Hall–Kier alpha value is -3.11. The van der Waals surface area contributed by atoms with Crippen LogP contribution < -0.4 is 5.32 Å². The number of dihydropyridines is 1. The zero-order chi connectivity index (χ0) is 19.6. The minimum absolute atomic E-state index is 0.127. The van der Waals surface area contributed by atoms with Gasteiger partial charge in [0.15, 0.2) is 0 Å². The van der Waals surface area contributed by atoms with E-state index in [2.05, 4.69) is 16.5 Å². The molecular formula is C19H16ClFN4O2. The summed E-state index contributed by atoms with van der Waals surface area (Å²) in [5, 5.41) is 17.1. The molecule has 0 saturated heterocycles. The van der Waals surface area contributed by atoms with E-state index in [1.165, 1.54) is 19.2 Å². The zero-order valence-electron chi connectivity index (χ0n) is 14.7. The van der Waals surface area contributed by atoms with Gasteiger partial charge in [-0.25, -0.2) is 9.18 Å². The fourth-order valence-corrected chi connectivity index (χ4v) is 3.40. The summed E-state index contributed by atoms with van der Waals surface area (Å²) < 4.78 is 20.1. The molecule has 0 aliphatic carbocycles. The predicted octanol–water partition coefficient (Wildman–Crippen LogP) is 3.29. The highest BCUT2D eigenvalue weighted by molar-refractivity contribution is 6.31. The molecule has 1 aromatic heterocycles. The molecular weight excluding hydrogens is 371 g/mol. The first-order valence-electron chi connectivity index (χ1n) is 8.07.